The monoisotopic (exact) mass is 373 g/mol. The van der Waals surface area contributed by atoms with Gasteiger partial charge in [-0.25, -0.2) is 4.57 Å². The Bertz CT molecular complexity index is 876. The molecule has 26 heavy (non-hydrogen) atoms. The van der Waals surface area contributed by atoms with Gasteiger partial charge in [-0.2, -0.15) is 0 Å². The van der Waals surface area contributed by atoms with Crippen LogP contribution in [0.2, 0.25) is 0 Å². The fourth-order valence-electron chi connectivity index (χ4n) is 3.35. The van der Waals surface area contributed by atoms with Crippen LogP contribution >= 0.6 is 8.25 Å². The highest BCUT2D eigenvalue weighted by Crippen LogP contribution is 2.39. The number of aromatic hydroxyl groups is 1. The second-order valence-corrected chi connectivity index (χ2v) is 7.61. The van der Waals surface area contributed by atoms with Crippen LogP contribution in [0.1, 0.15) is 48.4 Å². The summed E-state index contributed by atoms with van der Waals surface area (Å²) in [5.74, 6) is 0.225. The van der Waals surface area contributed by atoms with Crippen molar-refractivity contribution in [2.45, 2.75) is 39.0 Å². The van der Waals surface area contributed by atoms with Crippen LogP contribution in [-0.2, 0) is 17.4 Å². The second-order valence-electron chi connectivity index (χ2n) is 6.87. The molecule has 0 heterocycles. The summed E-state index contributed by atoms with van der Waals surface area (Å²) in [6.45, 7) is 7.95. The fourth-order valence-corrected chi connectivity index (χ4v) is 3.72. The lowest BCUT2D eigenvalue weighted by Crippen LogP contribution is -2.01. The van der Waals surface area contributed by atoms with Crippen molar-refractivity contribution in [3.8, 4) is 11.5 Å². The second kappa shape index (κ2) is 7.56. The molecule has 1 unspecified atom stereocenters. The number of rotatable bonds is 6. The molecule has 1 aliphatic rings. The predicted octanol–water partition coefficient (Wildman–Crippen LogP) is 4.85. The normalized spacial score (nSPS) is 14.2. The Balaban J connectivity index is 1.89. The average molecular weight is 373 g/mol. The molecule has 0 saturated heterocycles. The van der Waals surface area contributed by atoms with Gasteiger partial charge < -0.3 is 19.8 Å². The highest BCUT2D eigenvalue weighted by molar-refractivity contribution is 7.32. The summed E-state index contributed by atoms with van der Waals surface area (Å²) in [4.78, 5) is 9.07. The molecule has 0 fully saturated rings. The van der Waals surface area contributed by atoms with Gasteiger partial charge in [0.25, 0.3) is 0 Å². The molecule has 0 aliphatic heterocycles. The van der Waals surface area contributed by atoms with Crippen LogP contribution in [0, 0.1) is 0 Å². The third kappa shape index (κ3) is 3.95. The molecular formula is C20H24NO4P. The van der Waals surface area contributed by atoms with Crippen LogP contribution < -0.4 is 9.84 Å². The van der Waals surface area contributed by atoms with Crippen LogP contribution in [0.3, 0.4) is 0 Å². The van der Waals surface area contributed by atoms with E-state index >= 15 is 0 Å². The summed E-state index contributed by atoms with van der Waals surface area (Å²) in [5, 5.41) is 13.6. The van der Waals surface area contributed by atoms with E-state index in [0.717, 1.165) is 24.1 Å². The van der Waals surface area contributed by atoms with Crippen LogP contribution in [0.4, 0.5) is 5.69 Å². The summed E-state index contributed by atoms with van der Waals surface area (Å²) in [7, 11) is -3.14. The molecule has 138 valence electrons. The van der Waals surface area contributed by atoms with Crippen molar-refractivity contribution in [2.75, 3.05) is 5.32 Å². The van der Waals surface area contributed by atoms with Crippen molar-refractivity contribution in [3.63, 3.8) is 0 Å². The number of aryl methyl sites for hydroxylation is 2. The van der Waals surface area contributed by atoms with Gasteiger partial charge in [-0.05, 0) is 60.1 Å². The van der Waals surface area contributed by atoms with Gasteiger partial charge in [0.2, 0.25) is 0 Å². The zero-order chi connectivity index (χ0) is 18.8. The summed E-state index contributed by atoms with van der Waals surface area (Å²) >= 11 is 0. The van der Waals surface area contributed by atoms with Crippen LogP contribution in [-0.4, -0.2) is 10.00 Å². The van der Waals surface area contributed by atoms with E-state index in [9.17, 15) is 9.67 Å². The van der Waals surface area contributed by atoms with Gasteiger partial charge in [0, 0.05) is 23.0 Å². The largest absolute Gasteiger partial charge is 0.507 e. The summed E-state index contributed by atoms with van der Waals surface area (Å²) in [6.07, 6.45) is 3.41. The Morgan fingerprint density at radius 1 is 1.23 bits per heavy atom. The van der Waals surface area contributed by atoms with Crippen LogP contribution in [0.25, 0.3) is 5.70 Å². The number of hydrogen-bond donors (Lipinski definition) is 3. The molecule has 5 nitrogen and oxygen atoms in total. The Labute approximate surface area is 154 Å². The van der Waals surface area contributed by atoms with Crippen molar-refractivity contribution in [2.24, 2.45) is 0 Å². The predicted molar refractivity (Wildman–Crippen MR) is 105 cm³/mol. The van der Waals surface area contributed by atoms with E-state index in [1.54, 1.807) is 6.07 Å². The summed E-state index contributed by atoms with van der Waals surface area (Å²) in [5.41, 5.74) is 5.52. The van der Waals surface area contributed by atoms with Gasteiger partial charge >= 0.3 is 8.25 Å². The van der Waals surface area contributed by atoms with Crippen molar-refractivity contribution in [1.29, 1.82) is 0 Å². The van der Waals surface area contributed by atoms with Crippen molar-refractivity contribution < 1.29 is 19.1 Å². The van der Waals surface area contributed by atoms with Crippen LogP contribution in [0.15, 0.2) is 36.9 Å². The van der Waals surface area contributed by atoms with E-state index in [0.29, 0.717) is 11.3 Å². The number of phenols is 1. The smallest absolute Gasteiger partial charge is 0.365 e. The molecule has 0 amide bonds. The quantitative estimate of drug-likeness (QED) is 0.631. The molecule has 2 aromatic carbocycles. The highest BCUT2D eigenvalue weighted by Gasteiger charge is 2.17. The lowest BCUT2D eigenvalue weighted by atomic mass is 9.97. The first-order valence-corrected chi connectivity index (χ1v) is 9.97. The maximum atomic E-state index is 11.1. The fraction of sp³-hybridized carbons (Fsp3) is 0.300. The van der Waals surface area contributed by atoms with E-state index < -0.39 is 8.25 Å². The molecule has 2 aromatic rings. The lowest BCUT2D eigenvalue weighted by molar-refractivity contribution is 0.405. The van der Waals surface area contributed by atoms with Crippen molar-refractivity contribution in [3.05, 3.63) is 59.2 Å². The molecule has 0 bridgehead atoms. The standard InChI is InChI=1S/C20H24NO4P/c1-12(2)17-10-18(19(22)11-20(17)25-26(23)24)13(3)21-16-8-7-14-5-4-6-15(14)9-16/h7-12,21-22,26H,3-6H2,1-2H3,(H,23,24). The first-order valence-electron chi connectivity index (χ1n) is 8.71. The molecule has 0 radical (unpaired) electrons. The first kappa shape index (κ1) is 18.6. The minimum Gasteiger partial charge on any atom is -0.507 e. The number of nitrogens with one attached hydrogen (secondary N) is 1. The zero-order valence-corrected chi connectivity index (χ0v) is 16.0. The third-order valence-corrected chi connectivity index (χ3v) is 5.06. The Morgan fingerprint density at radius 2 is 1.96 bits per heavy atom. The number of fused-ring (bicyclic) bond motifs is 1. The average Bonchev–Trinajstić information content (AvgIpc) is 3.01. The highest BCUT2D eigenvalue weighted by atomic mass is 31.1. The Hall–Kier alpha value is -2.23. The van der Waals surface area contributed by atoms with Gasteiger partial charge in [0.1, 0.15) is 11.5 Å². The van der Waals surface area contributed by atoms with E-state index in [-0.39, 0.29) is 17.4 Å². The topological polar surface area (TPSA) is 78.8 Å². The van der Waals surface area contributed by atoms with E-state index in [2.05, 4.69) is 24.0 Å². The number of phenolic OH excluding ortho intramolecular Hbond substituents is 1. The lowest BCUT2D eigenvalue weighted by Gasteiger charge is -2.18. The van der Waals surface area contributed by atoms with E-state index in [1.165, 1.54) is 23.6 Å². The van der Waals surface area contributed by atoms with Crippen molar-refractivity contribution >= 4 is 19.6 Å². The molecular weight excluding hydrogens is 349 g/mol. The molecule has 0 spiro atoms. The van der Waals surface area contributed by atoms with Gasteiger partial charge in [-0.15, -0.1) is 0 Å². The number of hydrogen-bond acceptors (Lipinski definition) is 4. The zero-order valence-electron chi connectivity index (χ0n) is 15.0. The molecule has 3 N–H and O–H groups in total. The van der Waals surface area contributed by atoms with Crippen molar-refractivity contribution in [1.82, 2.24) is 0 Å². The maximum absolute atomic E-state index is 11.1. The van der Waals surface area contributed by atoms with Gasteiger partial charge in [0.15, 0.2) is 0 Å². The molecule has 1 atom stereocenters. The number of anilines is 1. The van der Waals surface area contributed by atoms with Gasteiger partial charge in [0.05, 0.1) is 0 Å². The number of benzene rings is 2. The van der Waals surface area contributed by atoms with E-state index in [1.807, 2.05) is 19.9 Å². The van der Waals surface area contributed by atoms with Crippen LogP contribution in [0.5, 0.6) is 11.5 Å². The molecule has 1 aliphatic carbocycles. The third-order valence-electron chi connectivity index (χ3n) is 4.67. The first-order chi connectivity index (χ1) is 12.3. The van der Waals surface area contributed by atoms with Gasteiger partial charge in [-0.3, -0.25) is 0 Å². The van der Waals surface area contributed by atoms with Gasteiger partial charge in [-0.1, -0.05) is 26.5 Å². The molecule has 3 rings (SSSR count). The van der Waals surface area contributed by atoms with E-state index in [4.69, 9.17) is 9.42 Å². The Morgan fingerprint density at radius 3 is 2.65 bits per heavy atom. The molecule has 6 heteroatoms. The molecule has 0 aromatic heterocycles. The Kier molecular flexibility index (Phi) is 5.40. The summed E-state index contributed by atoms with van der Waals surface area (Å²) < 4.78 is 16.0. The maximum Gasteiger partial charge on any atom is 0.365 e. The minimum atomic E-state index is -3.14. The minimum absolute atomic E-state index is 0.0497. The SMILES string of the molecule is C=C(Nc1ccc2c(c1)CCC2)c1cc(C(C)C)c(O[PH](=O)O)cc1O. The molecule has 0 saturated carbocycles. The summed E-state index contributed by atoms with van der Waals surface area (Å²) in [6, 6.07) is 9.41.